The maximum absolute atomic E-state index is 12.1. The molecule has 3 unspecified atom stereocenters. The van der Waals surface area contributed by atoms with Crippen LogP contribution in [0, 0.1) is 22.0 Å². The summed E-state index contributed by atoms with van der Waals surface area (Å²) >= 11 is 1.39. The molecular formula is C18H27N3O3S. The molecule has 0 spiro atoms. The van der Waals surface area contributed by atoms with Gasteiger partial charge in [-0.15, -0.1) is 11.8 Å². The first kappa shape index (κ1) is 19.7. The van der Waals surface area contributed by atoms with Gasteiger partial charge in [-0.05, 0) is 37.3 Å². The van der Waals surface area contributed by atoms with Crippen LogP contribution in [-0.2, 0) is 4.79 Å². The van der Waals surface area contributed by atoms with Crippen LogP contribution in [0.5, 0.6) is 0 Å². The topological polar surface area (TPSA) is 75.5 Å². The zero-order valence-electron chi connectivity index (χ0n) is 15.1. The summed E-state index contributed by atoms with van der Waals surface area (Å²) in [5.74, 6) is 1.73. The van der Waals surface area contributed by atoms with E-state index in [2.05, 4.69) is 24.1 Å². The summed E-state index contributed by atoms with van der Waals surface area (Å²) in [5.41, 5.74) is 0.0624. The van der Waals surface area contributed by atoms with E-state index in [4.69, 9.17) is 0 Å². The molecule has 1 N–H and O–H groups in total. The second-order valence-corrected chi connectivity index (χ2v) is 8.22. The van der Waals surface area contributed by atoms with Crippen LogP contribution in [0.1, 0.15) is 27.2 Å². The second kappa shape index (κ2) is 9.20. The van der Waals surface area contributed by atoms with Crippen molar-refractivity contribution in [3.05, 3.63) is 34.4 Å². The maximum Gasteiger partial charge on any atom is 0.269 e. The summed E-state index contributed by atoms with van der Waals surface area (Å²) in [7, 11) is 0. The molecule has 1 aliphatic heterocycles. The number of amides is 1. The lowest BCUT2D eigenvalue weighted by molar-refractivity contribution is -0.384. The minimum atomic E-state index is -0.425. The summed E-state index contributed by atoms with van der Waals surface area (Å²) < 4.78 is 0. The molecule has 1 fully saturated rings. The third kappa shape index (κ3) is 6.66. The van der Waals surface area contributed by atoms with Crippen LogP contribution in [-0.4, -0.2) is 47.2 Å². The molecule has 0 aliphatic carbocycles. The minimum Gasteiger partial charge on any atom is -0.352 e. The summed E-state index contributed by atoms with van der Waals surface area (Å²) in [6.45, 7) is 9.69. The third-order valence-corrected chi connectivity index (χ3v) is 5.31. The smallest absolute Gasteiger partial charge is 0.269 e. The van der Waals surface area contributed by atoms with Gasteiger partial charge in [0.05, 0.1) is 10.7 Å². The fourth-order valence-electron chi connectivity index (χ4n) is 3.50. The quantitative estimate of drug-likeness (QED) is 0.456. The van der Waals surface area contributed by atoms with Crippen molar-refractivity contribution in [1.29, 1.82) is 0 Å². The Labute approximate surface area is 153 Å². The molecule has 1 saturated heterocycles. The van der Waals surface area contributed by atoms with Gasteiger partial charge < -0.3 is 10.2 Å². The van der Waals surface area contributed by atoms with E-state index in [1.54, 1.807) is 12.1 Å². The molecule has 1 amide bonds. The van der Waals surface area contributed by atoms with Gasteiger partial charge in [0.15, 0.2) is 0 Å². The van der Waals surface area contributed by atoms with Crippen molar-refractivity contribution < 1.29 is 9.72 Å². The molecule has 3 atom stereocenters. The molecule has 0 radical (unpaired) electrons. The molecule has 25 heavy (non-hydrogen) atoms. The predicted octanol–water partition coefficient (Wildman–Crippen LogP) is 3.17. The SMILES string of the molecule is CC1CC(C)CN(CC(C)NC(=O)CSc2ccc([N+](=O)[O-])cc2)C1. The van der Waals surface area contributed by atoms with Crippen LogP contribution in [0.25, 0.3) is 0 Å². The fourth-order valence-corrected chi connectivity index (χ4v) is 4.21. The molecule has 1 aromatic carbocycles. The maximum atomic E-state index is 12.1. The lowest BCUT2D eigenvalue weighted by Gasteiger charge is -2.36. The van der Waals surface area contributed by atoms with Gasteiger partial charge in [-0.1, -0.05) is 13.8 Å². The zero-order valence-corrected chi connectivity index (χ0v) is 15.9. The van der Waals surface area contributed by atoms with E-state index < -0.39 is 4.92 Å². The van der Waals surface area contributed by atoms with Crippen LogP contribution in [0.3, 0.4) is 0 Å². The molecule has 138 valence electrons. The number of nitro benzene ring substituents is 1. The van der Waals surface area contributed by atoms with Crippen LogP contribution >= 0.6 is 11.8 Å². The molecule has 0 saturated carbocycles. The lowest BCUT2D eigenvalue weighted by Crippen LogP contribution is -2.47. The number of benzene rings is 1. The van der Waals surface area contributed by atoms with E-state index in [-0.39, 0.29) is 17.6 Å². The van der Waals surface area contributed by atoms with Gasteiger partial charge in [-0.2, -0.15) is 0 Å². The number of hydrogen-bond donors (Lipinski definition) is 1. The van der Waals surface area contributed by atoms with Gasteiger partial charge in [0, 0.05) is 42.7 Å². The van der Waals surface area contributed by atoms with Crippen molar-refractivity contribution in [2.24, 2.45) is 11.8 Å². The molecule has 1 aromatic rings. The van der Waals surface area contributed by atoms with Gasteiger partial charge in [-0.3, -0.25) is 14.9 Å². The summed E-state index contributed by atoms with van der Waals surface area (Å²) in [6, 6.07) is 6.39. The Bertz CT molecular complexity index is 584. The highest BCUT2D eigenvalue weighted by Gasteiger charge is 2.23. The van der Waals surface area contributed by atoms with E-state index in [0.29, 0.717) is 17.6 Å². The van der Waals surface area contributed by atoms with E-state index >= 15 is 0 Å². The average Bonchev–Trinajstić information content (AvgIpc) is 2.52. The Morgan fingerprint density at radius 1 is 1.32 bits per heavy atom. The highest BCUT2D eigenvalue weighted by Crippen LogP contribution is 2.22. The molecule has 2 rings (SSSR count). The molecule has 6 nitrogen and oxygen atoms in total. The van der Waals surface area contributed by atoms with Crippen molar-refractivity contribution >= 4 is 23.4 Å². The average molecular weight is 365 g/mol. The van der Waals surface area contributed by atoms with E-state index in [0.717, 1.165) is 24.5 Å². The largest absolute Gasteiger partial charge is 0.352 e. The van der Waals surface area contributed by atoms with Gasteiger partial charge >= 0.3 is 0 Å². The number of nitrogens with zero attached hydrogens (tertiary/aromatic N) is 2. The first-order valence-corrected chi connectivity index (χ1v) is 9.71. The van der Waals surface area contributed by atoms with Gasteiger partial charge in [0.1, 0.15) is 0 Å². The summed E-state index contributed by atoms with van der Waals surface area (Å²) in [4.78, 5) is 25.6. The number of likely N-dealkylation sites (tertiary alicyclic amines) is 1. The van der Waals surface area contributed by atoms with Crippen LogP contribution in [0.2, 0.25) is 0 Å². The first-order valence-electron chi connectivity index (χ1n) is 8.72. The minimum absolute atomic E-state index is 0.00559. The number of piperidine rings is 1. The standard InChI is InChI=1S/C18H27N3O3S/c1-13-8-14(2)10-20(9-13)11-15(3)19-18(22)12-25-17-6-4-16(5-7-17)21(23)24/h4-7,13-15H,8-12H2,1-3H3,(H,19,22). The van der Waals surface area contributed by atoms with Gasteiger partial charge in [-0.25, -0.2) is 0 Å². The third-order valence-electron chi connectivity index (χ3n) is 4.30. The number of nitro groups is 1. The van der Waals surface area contributed by atoms with Crippen LogP contribution in [0.15, 0.2) is 29.2 Å². The fraction of sp³-hybridized carbons (Fsp3) is 0.611. The number of carbonyl (C=O) groups is 1. The van der Waals surface area contributed by atoms with Crippen molar-refractivity contribution in [2.75, 3.05) is 25.4 Å². The van der Waals surface area contributed by atoms with Crippen molar-refractivity contribution in [3.8, 4) is 0 Å². The monoisotopic (exact) mass is 365 g/mol. The van der Waals surface area contributed by atoms with Gasteiger partial charge in [0.2, 0.25) is 5.91 Å². The number of nitrogens with one attached hydrogen (secondary N) is 1. The molecule has 1 heterocycles. The Morgan fingerprint density at radius 2 is 1.92 bits per heavy atom. The van der Waals surface area contributed by atoms with Crippen LogP contribution in [0.4, 0.5) is 5.69 Å². The number of rotatable bonds is 7. The number of carbonyl (C=O) groups excluding carboxylic acids is 1. The Balaban J connectivity index is 1.73. The van der Waals surface area contributed by atoms with Crippen molar-refractivity contribution in [3.63, 3.8) is 0 Å². The zero-order chi connectivity index (χ0) is 18.4. The normalized spacial score (nSPS) is 22.4. The highest BCUT2D eigenvalue weighted by atomic mass is 32.2. The summed E-state index contributed by atoms with van der Waals surface area (Å²) in [6.07, 6.45) is 1.28. The van der Waals surface area contributed by atoms with Crippen molar-refractivity contribution in [1.82, 2.24) is 10.2 Å². The number of non-ortho nitro benzene ring substituents is 1. The van der Waals surface area contributed by atoms with Crippen molar-refractivity contribution in [2.45, 2.75) is 38.1 Å². The molecule has 0 bridgehead atoms. The van der Waals surface area contributed by atoms with Gasteiger partial charge in [0.25, 0.3) is 5.69 Å². The highest BCUT2D eigenvalue weighted by molar-refractivity contribution is 8.00. The molecule has 7 heteroatoms. The lowest BCUT2D eigenvalue weighted by atomic mass is 9.92. The summed E-state index contributed by atoms with van der Waals surface area (Å²) in [5, 5.41) is 13.7. The number of hydrogen-bond acceptors (Lipinski definition) is 5. The first-order chi connectivity index (χ1) is 11.8. The second-order valence-electron chi connectivity index (χ2n) is 7.17. The Morgan fingerprint density at radius 3 is 2.48 bits per heavy atom. The van der Waals surface area contributed by atoms with E-state index in [9.17, 15) is 14.9 Å². The number of thioether (sulfide) groups is 1. The van der Waals surface area contributed by atoms with Crippen LogP contribution < -0.4 is 5.32 Å². The van der Waals surface area contributed by atoms with E-state index in [1.807, 2.05) is 6.92 Å². The van der Waals surface area contributed by atoms with E-state index in [1.165, 1.54) is 30.3 Å². The molecular weight excluding hydrogens is 338 g/mol. The Kier molecular flexibility index (Phi) is 7.25. The molecule has 0 aromatic heterocycles. The molecule has 1 aliphatic rings. The predicted molar refractivity (Wildman–Crippen MR) is 101 cm³/mol. The Hall–Kier alpha value is -1.60.